The van der Waals surface area contributed by atoms with Crippen molar-refractivity contribution in [2.75, 3.05) is 26.4 Å². The number of Topliss-reactive ketones (excluding diaryl/α,β-unsaturated/α-hetero) is 1. The van der Waals surface area contributed by atoms with Crippen molar-refractivity contribution < 1.29 is 24.5 Å². The number of carbonyl (C=O) groups excluding carboxylic acids is 2. The highest BCUT2D eigenvalue weighted by Gasteiger charge is 2.45. The molecule has 0 aromatic heterocycles. The largest absolute Gasteiger partial charge is 0.507 e. The number of hydrogen-bond donors (Lipinski definition) is 2. The molecule has 0 bridgehead atoms. The quantitative estimate of drug-likeness (QED) is 0.308. The standard InChI is InChI=1S/C25H29NO5/c1-25(2,3)19-11-9-17(10-12-19)21-20(22(28)18-7-5-4-6-8-18)23(29)24(30)26(21)13-15-31-16-14-27/h4-12,21,27-28H,13-16H2,1-3H3/b22-20-. The molecule has 2 aromatic carbocycles. The van der Waals surface area contributed by atoms with Gasteiger partial charge in [0.1, 0.15) is 5.76 Å². The van der Waals surface area contributed by atoms with Gasteiger partial charge in [-0.1, -0.05) is 75.4 Å². The van der Waals surface area contributed by atoms with Gasteiger partial charge in [-0.15, -0.1) is 0 Å². The second-order valence-corrected chi connectivity index (χ2v) is 8.57. The number of rotatable bonds is 7. The minimum Gasteiger partial charge on any atom is -0.507 e. The average molecular weight is 424 g/mol. The first-order chi connectivity index (χ1) is 14.8. The molecule has 1 aliphatic heterocycles. The Morgan fingerprint density at radius 2 is 1.65 bits per heavy atom. The lowest BCUT2D eigenvalue weighted by atomic mass is 9.85. The first kappa shape index (κ1) is 22.7. The van der Waals surface area contributed by atoms with E-state index in [0.717, 1.165) is 11.1 Å². The number of aliphatic hydroxyl groups excluding tert-OH is 2. The third-order valence-corrected chi connectivity index (χ3v) is 5.39. The molecule has 1 unspecified atom stereocenters. The van der Waals surface area contributed by atoms with E-state index >= 15 is 0 Å². The van der Waals surface area contributed by atoms with Crippen molar-refractivity contribution in [3.8, 4) is 0 Å². The lowest BCUT2D eigenvalue weighted by Gasteiger charge is -2.26. The minimum atomic E-state index is -0.716. The molecule has 1 saturated heterocycles. The molecule has 164 valence electrons. The van der Waals surface area contributed by atoms with Gasteiger partial charge in [0.05, 0.1) is 31.4 Å². The molecule has 31 heavy (non-hydrogen) atoms. The number of amides is 1. The summed E-state index contributed by atoms with van der Waals surface area (Å²) in [4.78, 5) is 27.2. The number of likely N-dealkylation sites (tertiary alicyclic amines) is 1. The molecule has 6 nitrogen and oxygen atoms in total. The van der Waals surface area contributed by atoms with E-state index in [1.54, 1.807) is 24.3 Å². The van der Waals surface area contributed by atoms with Crippen molar-refractivity contribution in [2.24, 2.45) is 0 Å². The van der Waals surface area contributed by atoms with Crippen LogP contribution in [0.2, 0.25) is 0 Å². The van der Waals surface area contributed by atoms with Gasteiger partial charge in [-0.2, -0.15) is 0 Å². The normalized spacial score (nSPS) is 18.6. The minimum absolute atomic E-state index is 0.0392. The fourth-order valence-electron chi connectivity index (χ4n) is 3.70. The Bertz CT molecular complexity index is 958. The predicted molar refractivity (Wildman–Crippen MR) is 118 cm³/mol. The SMILES string of the molecule is CC(C)(C)c1ccc(C2/C(=C(/O)c3ccccc3)C(=O)C(=O)N2CCOCCO)cc1. The zero-order chi connectivity index (χ0) is 22.6. The van der Waals surface area contributed by atoms with Gasteiger partial charge in [-0.25, -0.2) is 0 Å². The van der Waals surface area contributed by atoms with Crippen molar-refractivity contribution in [1.82, 2.24) is 4.90 Å². The van der Waals surface area contributed by atoms with Crippen molar-refractivity contribution in [3.63, 3.8) is 0 Å². The van der Waals surface area contributed by atoms with Crippen molar-refractivity contribution >= 4 is 17.4 Å². The number of ketones is 1. The second kappa shape index (κ2) is 9.45. The van der Waals surface area contributed by atoms with Crippen LogP contribution in [-0.2, 0) is 19.7 Å². The van der Waals surface area contributed by atoms with Crippen LogP contribution in [0.15, 0.2) is 60.2 Å². The summed E-state index contributed by atoms with van der Waals surface area (Å²) in [6.07, 6.45) is 0. The average Bonchev–Trinajstić information content (AvgIpc) is 3.01. The van der Waals surface area contributed by atoms with Crippen LogP contribution in [0.3, 0.4) is 0 Å². The Kier molecular flexibility index (Phi) is 6.93. The molecule has 6 heteroatoms. The topological polar surface area (TPSA) is 87.1 Å². The monoisotopic (exact) mass is 423 g/mol. The Hall–Kier alpha value is -2.96. The molecule has 2 N–H and O–H groups in total. The first-order valence-electron chi connectivity index (χ1n) is 10.4. The van der Waals surface area contributed by atoms with Crippen LogP contribution in [0.4, 0.5) is 0 Å². The van der Waals surface area contributed by atoms with E-state index in [1.165, 1.54) is 4.90 Å². The van der Waals surface area contributed by atoms with Gasteiger partial charge >= 0.3 is 0 Å². The highest BCUT2D eigenvalue weighted by atomic mass is 16.5. The lowest BCUT2D eigenvalue weighted by Crippen LogP contribution is -2.33. The van der Waals surface area contributed by atoms with Gasteiger partial charge in [0, 0.05) is 12.1 Å². The third-order valence-electron chi connectivity index (χ3n) is 5.39. The summed E-state index contributed by atoms with van der Waals surface area (Å²) in [5.41, 5.74) is 2.38. The zero-order valence-corrected chi connectivity index (χ0v) is 18.2. The molecule has 3 rings (SSSR count). The number of hydrogen-bond acceptors (Lipinski definition) is 5. The first-order valence-corrected chi connectivity index (χ1v) is 10.4. The van der Waals surface area contributed by atoms with Gasteiger partial charge in [0.2, 0.25) is 0 Å². The van der Waals surface area contributed by atoms with Gasteiger partial charge in [-0.3, -0.25) is 9.59 Å². The highest BCUT2D eigenvalue weighted by Crippen LogP contribution is 2.39. The van der Waals surface area contributed by atoms with Crippen LogP contribution in [0.25, 0.3) is 5.76 Å². The van der Waals surface area contributed by atoms with E-state index in [1.807, 2.05) is 30.3 Å². The van der Waals surface area contributed by atoms with E-state index in [9.17, 15) is 14.7 Å². The van der Waals surface area contributed by atoms with Gasteiger partial charge in [0.15, 0.2) is 0 Å². The Morgan fingerprint density at radius 1 is 1.00 bits per heavy atom. The molecule has 2 aromatic rings. The number of aliphatic hydroxyl groups is 2. The van der Waals surface area contributed by atoms with Crippen LogP contribution in [0.5, 0.6) is 0 Å². The van der Waals surface area contributed by atoms with E-state index in [2.05, 4.69) is 20.8 Å². The van der Waals surface area contributed by atoms with Crippen molar-refractivity contribution in [1.29, 1.82) is 0 Å². The molecule has 1 fully saturated rings. The molecular formula is C25H29NO5. The summed E-state index contributed by atoms with van der Waals surface area (Å²) in [5.74, 6) is -1.58. The van der Waals surface area contributed by atoms with Gasteiger partial charge in [0.25, 0.3) is 11.7 Å². The number of benzene rings is 2. The maximum absolute atomic E-state index is 12.9. The zero-order valence-electron chi connectivity index (χ0n) is 18.2. The molecule has 1 aliphatic rings. The molecule has 0 saturated carbocycles. The van der Waals surface area contributed by atoms with Crippen LogP contribution in [0, 0.1) is 0 Å². The Labute approximate surface area is 182 Å². The van der Waals surface area contributed by atoms with Crippen molar-refractivity contribution in [3.05, 3.63) is 76.9 Å². The molecule has 1 atom stereocenters. The number of carbonyl (C=O) groups is 2. The summed E-state index contributed by atoms with van der Waals surface area (Å²) in [6, 6.07) is 15.8. The van der Waals surface area contributed by atoms with Crippen LogP contribution < -0.4 is 0 Å². The van der Waals surface area contributed by atoms with Gasteiger partial charge < -0.3 is 19.8 Å². The highest BCUT2D eigenvalue weighted by molar-refractivity contribution is 6.46. The fraction of sp³-hybridized carbons (Fsp3) is 0.360. The third kappa shape index (κ3) is 4.86. The van der Waals surface area contributed by atoms with E-state index in [4.69, 9.17) is 9.84 Å². The summed E-state index contributed by atoms with van der Waals surface area (Å²) >= 11 is 0. The molecule has 1 amide bonds. The lowest BCUT2D eigenvalue weighted by molar-refractivity contribution is -0.140. The number of nitrogens with zero attached hydrogens (tertiary/aromatic N) is 1. The molecule has 0 spiro atoms. The van der Waals surface area contributed by atoms with Crippen LogP contribution >= 0.6 is 0 Å². The molecule has 1 heterocycles. The summed E-state index contributed by atoms with van der Waals surface area (Å²) in [5, 5.41) is 19.9. The van der Waals surface area contributed by atoms with E-state index < -0.39 is 17.7 Å². The summed E-state index contributed by atoms with van der Waals surface area (Å²) in [7, 11) is 0. The fourth-order valence-corrected chi connectivity index (χ4v) is 3.70. The van der Waals surface area contributed by atoms with E-state index in [-0.39, 0.29) is 43.1 Å². The molecular weight excluding hydrogens is 394 g/mol. The smallest absolute Gasteiger partial charge is 0.295 e. The molecule has 0 aliphatic carbocycles. The summed E-state index contributed by atoms with van der Waals surface area (Å²) in [6.45, 7) is 6.72. The van der Waals surface area contributed by atoms with E-state index in [0.29, 0.717) is 5.56 Å². The maximum atomic E-state index is 12.9. The Balaban J connectivity index is 2.06. The van der Waals surface area contributed by atoms with Crippen LogP contribution in [-0.4, -0.2) is 53.2 Å². The maximum Gasteiger partial charge on any atom is 0.295 e. The second-order valence-electron chi connectivity index (χ2n) is 8.57. The number of ether oxygens (including phenoxy) is 1. The van der Waals surface area contributed by atoms with Crippen LogP contribution in [0.1, 0.15) is 43.5 Å². The van der Waals surface area contributed by atoms with Crippen molar-refractivity contribution in [2.45, 2.75) is 32.2 Å². The summed E-state index contributed by atoms with van der Waals surface area (Å²) < 4.78 is 5.32. The predicted octanol–water partition coefficient (Wildman–Crippen LogP) is 3.41. The van der Waals surface area contributed by atoms with Gasteiger partial charge in [-0.05, 0) is 16.5 Å². The Morgan fingerprint density at radius 3 is 2.23 bits per heavy atom. The molecule has 0 radical (unpaired) electrons.